The third kappa shape index (κ3) is 16.1. The average Bonchev–Trinajstić information content (AvgIpc) is 1.21. The Balaban J connectivity index is 0.802. The molecule has 2 saturated heterocycles. The number of ether oxygens (including phenoxy) is 2. The highest BCUT2D eigenvalue weighted by Gasteiger charge is 2.51. The van der Waals surface area contributed by atoms with Gasteiger partial charge >= 0.3 is 13.3 Å². The number of hydrogen-bond acceptors (Lipinski definition) is 14. The molecule has 4 aromatic carbocycles. The molecule has 92 heavy (non-hydrogen) atoms. The summed E-state index contributed by atoms with van der Waals surface area (Å²) in [4.78, 5) is 128. The van der Waals surface area contributed by atoms with E-state index in [2.05, 4.69) is 26.3 Å². The third-order valence-electron chi connectivity index (χ3n) is 16.9. The van der Waals surface area contributed by atoms with E-state index in [0.29, 0.717) is 28.9 Å². The maximum Gasteiger partial charge on any atom is 0.399 e. The first-order valence-electron chi connectivity index (χ1n) is 30.5. The molecule has 7 amide bonds. The van der Waals surface area contributed by atoms with Gasteiger partial charge in [0.2, 0.25) is 29.5 Å². The predicted octanol–water partition coefficient (Wildman–Crippen LogP) is 8.29. The summed E-state index contributed by atoms with van der Waals surface area (Å²) in [5.74, 6) is -3.07. The van der Waals surface area contributed by atoms with Crippen LogP contribution in [0.5, 0.6) is 5.75 Å². The summed E-state index contributed by atoms with van der Waals surface area (Å²) in [6, 6.07) is 22.1. The van der Waals surface area contributed by atoms with E-state index in [1.54, 1.807) is 60.7 Å². The highest BCUT2D eigenvalue weighted by atomic mass is 32.1. The molecule has 21 nitrogen and oxygen atoms in total. The maximum absolute atomic E-state index is 15.2. The lowest BCUT2D eigenvalue weighted by Gasteiger charge is -2.43. The number of nitrogens with one attached hydrogen (secondary N) is 4. The van der Waals surface area contributed by atoms with Gasteiger partial charge in [0.05, 0.1) is 46.3 Å². The predicted molar refractivity (Wildman–Crippen MR) is 343 cm³/mol. The molecule has 7 atom stereocenters. The summed E-state index contributed by atoms with van der Waals surface area (Å²) in [7, 11) is -5.88. The van der Waals surface area contributed by atoms with Crippen LogP contribution < -0.4 is 26.0 Å². The van der Waals surface area contributed by atoms with Crippen LogP contribution in [-0.4, -0.2) is 146 Å². The number of morpholine rings is 1. The Morgan fingerprint density at radius 1 is 0.804 bits per heavy atom. The van der Waals surface area contributed by atoms with Gasteiger partial charge in [-0.05, 0) is 101 Å². The molecule has 0 spiro atoms. The number of fused-ring (bicyclic) bond motifs is 2. The van der Waals surface area contributed by atoms with Crippen molar-refractivity contribution in [3.63, 3.8) is 0 Å². The number of nitrogens with zero attached hydrogens (tertiary/aromatic N) is 4. The van der Waals surface area contributed by atoms with Crippen molar-refractivity contribution >= 4 is 81.7 Å². The number of carbonyl (C=O) groups is 7. The van der Waals surface area contributed by atoms with Crippen molar-refractivity contribution in [3.8, 4) is 16.2 Å². The van der Waals surface area contributed by atoms with E-state index in [1.807, 2.05) is 89.2 Å². The van der Waals surface area contributed by atoms with Crippen LogP contribution >= 0.6 is 30.3 Å². The third-order valence-corrected chi connectivity index (χ3v) is 19.9. The molecule has 6 aromatic rings. The smallest absolute Gasteiger partial charge is 0.399 e. The minimum absolute atomic E-state index is 0.0342. The van der Waals surface area contributed by atoms with Crippen LogP contribution in [0.4, 0.5) is 8.78 Å². The van der Waals surface area contributed by atoms with Crippen LogP contribution in [0.15, 0.2) is 103 Å². The molecule has 0 radical (unpaired) electrons. The molecule has 3 aliphatic rings. The number of thiazole rings is 1. The summed E-state index contributed by atoms with van der Waals surface area (Å²) in [6.45, 7) is 14.8. The van der Waals surface area contributed by atoms with Gasteiger partial charge in [0.25, 0.3) is 11.8 Å². The number of alkyl halides is 2. The molecule has 0 aliphatic carbocycles. The van der Waals surface area contributed by atoms with Crippen LogP contribution in [-0.2, 0) is 56.7 Å². The SMILES string of the molecule is Cc1ncsc1-c1ccc([C@H](C)NC(=O)[C@@H]2C[C@@H](O)CN2C(=O)C(NC(=O)CCCCNC(=O)COc2ccc3c(c2)CN(C(=O)C(NC(=O)c2cc4cc(C(F)(F)P(=O)(O)O)ccc4s2)C(C)(C)C)C(C(=O)N2CCOC(c4ccccc4)C2)C3)C(C)(C)C)cc1. The van der Waals surface area contributed by atoms with Crippen molar-refractivity contribution in [2.75, 3.05) is 39.4 Å². The number of rotatable bonds is 21. The number of likely N-dealkylation sites (tertiary alicyclic amines) is 1. The van der Waals surface area contributed by atoms with Gasteiger partial charge < -0.3 is 60.3 Å². The fourth-order valence-electron chi connectivity index (χ4n) is 11.6. The second-order valence-corrected chi connectivity index (χ2v) is 29.5. The minimum Gasteiger partial charge on any atom is -0.484 e. The highest BCUT2D eigenvalue weighted by molar-refractivity contribution is 7.52. The van der Waals surface area contributed by atoms with Crippen molar-refractivity contribution in [1.82, 2.24) is 41.0 Å². The lowest BCUT2D eigenvalue weighted by Crippen LogP contribution is -2.61. The summed E-state index contributed by atoms with van der Waals surface area (Å²) in [6.07, 6.45) is -0.433. The van der Waals surface area contributed by atoms with E-state index >= 15 is 4.79 Å². The van der Waals surface area contributed by atoms with Crippen molar-refractivity contribution < 1.29 is 71.3 Å². The zero-order chi connectivity index (χ0) is 66.6. The lowest BCUT2D eigenvalue weighted by molar-refractivity contribution is -0.153. The van der Waals surface area contributed by atoms with Crippen molar-refractivity contribution in [1.29, 1.82) is 0 Å². The summed E-state index contributed by atoms with van der Waals surface area (Å²) in [5.41, 5.74) is -0.284. The Hall–Kier alpha value is -7.51. The van der Waals surface area contributed by atoms with Gasteiger partial charge in [-0.2, -0.15) is 8.78 Å². The van der Waals surface area contributed by atoms with Gasteiger partial charge in [0.15, 0.2) is 6.61 Å². The molecule has 0 saturated carbocycles. The first-order chi connectivity index (χ1) is 43.4. The second-order valence-electron chi connectivity index (χ2n) is 25.9. The normalized spacial score (nSPS) is 18.9. The van der Waals surface area contributed by atoms with Crippen molar-refractivity contribution in [2.45, 2.75) is 142 Å². The topological polar surface area (TPSA) is 286 Å². The zero-order valence-electron chi connectivity index (χ0n) is 52.6. The van der Waals surface area contributed by atoms with Crippen LogP contribution in [0.3, 0.4) is 0 Å². The molecular formula is C66H79F2N8O13PS2. The summed E-state index contributed by atoms with van der Waals surface area (Å²) < 4.78 is 53.5. The Labute approximate surface area is 540 Å². The standard InChI is InChI=1S/C66H79F2N8O13PS2/c1-38(40-17-19-42(20-18-40)56-39(2)70-37-91-56)71-59(80)49-32-47(77)34-76(49)62(83)57(64(3,4)5)72-54(78)16-12-13-25-69-55(79)36-89-48-23-21-43-30-50(61(82)74-26-27-88-51(35-74)41-14-10-9-11-15-41)75(33-45(43)29-48)63(84)58(65(6,7)8)73-60(81)53-31-44-28-46(22-24-52(44)92-53)66(67,68)90(85,86)87/h9-11,14-15,17-24,28-29,31,37-38,47,49-51,57-58,77H,12-13,16,25-27,30,32-36H2,1-8H3,(H,69,79)(H,71,80)(H,72,78)(H,73,81)(H2,85,86,87)/t38-,47+,49-,50?,51?,57?,58?/m0/s1. The number of carbonyl (C=O) groups excluding carboxylic acids is 7. The number of hydrogen-bond donors (Lipinski definition) is 7. The van der Waals surface area contributed by atoms with Gasteiger partial charge in [-0.15, -0.1) is 22.7 Å². The fraction of sp³-hybridized carbons (Fsp3) is 0.455. The number of thiophene rings is 1. The monoisotopic (exact) mass is 1320 g/mol. The average molecular weight is 1330 g/mol. The van der Waals surface area contributed by atoms with Crippen molar-refractivity contribution in [3.05, 3.63) is 141 Å². The van der Waals surface area contributed by atoms with Gasteiger partial charge in [-0.1, -0.05) is 108 Å². The maximum atomic E-state index is 15.2. The molecule has 3 aliphatic heterocycles. The molecule has 4 unspecified atom stereocenters. The number of amides is 7. The Kier molecular flexibility index (Phi) is 21.2. The van der Waals surface area contributed by atoms with Crippen molar-refractivity contribution in [2.24, 2.45) is 10.8 Å². The Bertz CT molecular complexity index is 3760. The van der Waals surface area contributed by atoms with E-state index < -0.39 is 108 Å². The lowest BCUT2D eigenvalue weighted by atomic mass is 9.84. The largest absolute Gasteiger partial charge is 0.484 e. The molecule has 2 fully saturated rings. The number of aliphatic hydroxyl groups excluding tert-OH is 1. The number of aromatic nitrogens is 1. The van der Waals surface area contributed by atoms with Crippen LogP contribution in [0.1, 0.15) is 129 Å². The molecule has 5 heterocycles. The number of unbranched alkanes of at least 4 members (excludes halogenated alkanes) is 1. The van der Waals surface area contributed by atoms with E-state index in [9.17, 15) is 57.0 Å². The van der Waals surface area contributed by atoms with Crippen LogP contribution in [0, 0.1) is 17.8 Å². The molecular weight excluding hydrogens is 1250 g/mol. The minimum atomic E-state index is -5.88. The van der Waals surface area contributed by atoms with E-state index in [0.717, 1.165) is 56.3 Å². The summed E-state index contributed by atoms with van der Waals surface area (Å²) >= 11 is 2.48. The molecule has 0 bridgehead atoms. The Morgan fingerprint density at radius 3 is 2.17 bits per heavy atom. The van der Waals surface area contributed by atoms with E-state index in [1.165, 1.54) is 21.9 Å². The van der Waals surface area contributed by atoms with Gasteiger partial charge in [0.1, 0.15) is 36.0 Å². The molecule has 492 valence electrons. The number of β-amino-alcohol motifs (C(OH)–C–C–N with tert-alkyl or cyclic N) is 1. The van der Waals surface area contributed by atoms with E-state index in [-0.39, 0.29) is 81.4 Å². The van der Waals surface area contributed by atoms with Gasteiger partial charge in [-0.3, -0.25) is 38.1 Å². The van der Waals surface area contributed by atoms with Crippen LogP contribution in [0.25, 0.3) is 20.5 Å². The quantitative estimate of drug-likeness (QED) is 0.0264. The molecule has 9 rings (SSSR count). The highest BCUT2D eigenvalue weighted by Crippen LogP contribution is 2.59. The molecule has 2 aromatic heterocycles. The number of aliphatic hydroxyl groups is 1. The summed E-state index contributed by atoms with van der Waals surface area (Å²) in [5, 5.41) is 22.4. The zero-order valence-corrected chi connectivity index (χ0v) is 55.1. The van der Waals surface area contributed by atoms with Crippen LogP contribution in [0.2, 0.25) is 0 Å². The van der Waals surface area contributed by atoms with E-state index in [4.69, 9.17) is 9.47 Å². The first-order valence-corrected chi connectivity index (χ1v) is 33.8. The fourth-order valence-corrected chi connectivity index (χ4v) is 13.9. The number of aryl methyl sites for hydroxylation is 1. The number of benzene rings is 4. The molecule has 7 N–H and O–H groups in total. The second kappa shape index (κ2) is 28.4. The van der Waals surface area contributed by atoms with Gasteiger partial charge in [-0.25, -0.2) is 4.98 Å². The molecule has 26 heteroatoms. The number of halogens is 2. The Morgan fingerprint density at radius 2 is 1.50 bits per heavy atom. The van der Waals surface area contributed by atoms with Gasteiger partial charge in [0, 0.05) is 55.7 Å². The first kappa shape index (κ1) is 68.8.